The van der Waals surface area contributed by atoms with E-state index in [1.807, 2.05) is 0 Å². The van der Waals surface area contributed by atoms with Crippen LogP contribution in [0.2, 0.25) is 0 Å². The second-order valence-corrected chi connectivity index (χ2v) is 3.38. The SMILES string of the molecule is COC(=O)CNC(=O)c1ccc(OC(C)=O)cc1. The Kier molecular flexibility index (Phi) is 4.86. The second kappa shape index (κ2) is 6.39. The van der Waals surface area contributed by atoms with E-state index in [4.69, 9.17) is 4.74 Å². The smallest absolute Gasteiger partial charge is 0.325 e. The molecule has 0 aromatic heterocycles. The van der Waals surface area contributed by atoms with E-state index in [0.29, 0.717) is 11.3 Å². The zero-order valence-corrected chi connectivity index (χ0v) is 10.1. The molecule has 0 aliphatic carbocycles. The molecule has 1 aromatic rings. The number of nitrogens with one attached hydrogen (secondary N) is 1. The summed E-state index contributed by atoms with van der Waals surface area (Å²) in [5.41, 5.74) is 0.356. The van der Waals surface area contributed by atoms with Gasteiger partial charge in [-0.2, -0.15) is 0 Å². The highest BCUT2D eigenvalue weighted by molar-refractivity contribution is 5.96. The minimum absolute atomic E-state index is 0.193. The molecule has 1 N–H and O–H groups in total. The third-order valence-corrected chi connectivity index (χ3v) is 2.00. The van der Waals surface area contributed by atoms with Crippen molar-refractivity contribution in [1.29, 1.82) is 0 Å². The first-order valence-electron chi connectivity index (χ1n) is 5.16. The molecule has 0 aliphatic heterocycles. The highest BCUT2D eigenvalue weighted by Crippen LogP contribution is 2.12. The number of carbonyl (C=O) groups is 3. The summed E-state index contributed by atoms with van der Waals surface area (Å²) in [5, 5.41) is 2.39. The van der Waals surface area contributed by atoms with E-state index in [9.17, 15) is 14.4 Å². The molecule has 0 saturated heterocycles. The van der Waals surface area contributed by atoms with E-state index in [1.54, 1.807) is 0 Å². The molecule has 0 atom stereocenters. The predicted molar refractivity (Wildman–Crippen MR) is 62.1 cm³/mol. The van der Waals surface area contributed by atoms with E-state index < -0.39 is 17.8 Å². The fourth-order valence-corrected chi connectivity index (χ4v) is 1.17. The molecule has 6 nitrogen and oxygen atoms in total. The number of carbonyl (C=O) groups excluding carboxylic acids is 3. The molecule has 0 heterocycles. The third-order valence-electron chi connectivity index (χ3n) is 2.00. The molecule has 0 bridgehead atoms. The lowest BCUT2D eigenvalue weighted by Crippen LogP contribution is -2.30. The number of methoxy groups -OCH3 is 1. The Balaban J connectivity index is 2.59. The van der Waals surface area contributed by atoms with Crippen molar-refractivity contribution in [3.63, 3.8) is 0 Å². The van der Waals surface area contributed by atoms with Gasteiger partial charge in [0.25, 0.3) is 5.91 Å². The van der Waals surface area contributed by atoms with Crippen LogP contribution in [0.3, 0.4) is 0 Å². The average molecular weight is 251 g/mol. The van der Waals surface area contributed by atoms with Crippen molar-refractivity contribution in [1.82, 2.24) is 5.32 Å². The largest absolute Gasteiger partial charge is 0.468 e. The number of ether oxygens (including phenoxy) is 2. The van der Waals surface area contributed by atoms with Crippen molar-refractivity contribution in [2.45, 2.75) is 6.92 Å². The van der Waals surface area contributed by atoms with Gasteiger partial charge in [-0.05, 0) is 24.3 Å². The van der Waals surface area contributed by atoms with Crippen LogP contribution in [-0.4, -0.2) is 31.5 Å². The predicted octanol–water partition coefficient (Wildman–Crippen LogP) is 0.515. The second-order valence-electron chi connectivity index (χ2n) is 3.38. The zero-order valence-electron chi connectivity index (χ0n) is 10.1. The molecule has 96 valence electrons. The van der Waals surface area contributed by atoms with Gasteiger partial charge >= 0.3 is 11.9 Å². The Morgan fingerprint density at radius 3 is 2.28 bits per heavy atom. The van der Waals surface area contributed by atoms with Crippen LogP contribution >= 0.6 is 0 Å². The Bertz CT molecular complexity index is 452. The Hall–Kier alpha value is -2.37. The number of hydrogen-bond acceptors (Lipinski definition) is 5. The van der Waals surface area contributed by atoms with Gasteiger partial charge < -0.3 is 14.8 Å². The van der Waals surface area contributed by atoms with Gasteiger partial charge in [0.05, 0.1) is 7.11 Å². The average Bonchev–Trinajstić information content (AvgIpc) is 2.35. The normalized spacial score (nSPS) is 9.44. The molecule has 18 heavy (non-hydrogen) atoms. The maximum atomic E-state index is 11.6. The zero-order chi connectivity index (χ0) is 13.5. The lowest BCUT2D eigenvalue weighted by molar-refractivity contribution is -0.139. The fourth-order valence-electron chi connectivity index (χ4n) is 1.17. The standard InChI is InChI=1S/C12H13NO5/c1-8(14)18-10-5-3-9(4-6-10)12(16)13-7-11(15)17-2/h3-6H,7H2,1-2H3,(H,13,16). The Labute approximate surface area is 104 Å². The van der Waals surface area contributed by atoms with Crippen molar-refractivity contribution in [2.24, 2.45) is 0 Å². The minimum atomic E-state index is -0.528. The molecule has 1 amide bonds. The number of rotatable bonds is 4. The molecule has 0 aliphatic rings. The van der Waals surface area contributed by atoms with Crippen LogP contribution in [-0.2, 0) is 14.3 Å². The van der Waals surface area contributed by atoms with Crippen LogP contribution in [0.1, 0.15) is 17.3 Å². The highest BCUT2D eigenvalue weighted by Gasteiger charge is 2.08. The summed E-state index contributed by atoms with van der Waals surface area (Å²) in [5.74, 6) is -1.01. The van der Waals surface area contributed by atoms with E-state index in [1.165, 1.54) is 38.3 Å². The first-order valence-corrected chi connectivity index (χ1v) is 5.16. The van der Waals surface area contributed by atoms with Crippen LogP contribution < -0.4 is 10.1 Å². The monoisotopic (exact) mass is 251 g/mol. The maximum absolute atomic E-state index is 11.6. The van der Waals surface area contributed by atoms with Gasteiger partial charge in [0.1, 0.15) is 12.3 Å². The summed E-state index contributed by atoms with van der Waals surface area (Å²) in [7, 11) is 1.24. The van der Waals surface area contributed by atoms with Crippen LogP contribution in [0.5, 0.6) is 5.75 Å². The first-order chi connectivity index (χ1) is 8.52. The topological polar surface area (TPSA) is 81.7 Å². The van der Waals surface area contributed by atoms with Crippen molar-refractivity contribution >= 4 is 17.8 Å². The van der Waals surface area contributed by atoms with Gasteiger partial charge in [-0.25, -0.2) is 0 Å². The Morgan fingerprint density at radius 1 is 1.17 bits per heavy atom. The Morgan fingerprint density at radius 2 is 1.78 bits per heavy atom. The van der Waals surface area contributed by atoms with Crippen molar-refractivity contribution in [2.75, 3.05) is 13.7 Å². The summed E-state index contributed by atoms with van der Waals surface area (Å²) in [4.78, 5) is 33.1. The molecule has 0 unspecified atom stereocenters. The minimum Gasteiger partial charge on any atom is -0.468 e. The van der Waals surface area contributed by atoms with Gasteiger partial charge in [-0.15, -0.1) is 0 Å². The first kappa shape index (κ1) is 13.7. The number of amides is 1. The molecular formula is C12H13NO5. The van der Waals surface area contributed by atoms with Gasteiger partial charge in [0.15, 0.2) is 0 Å². The molecule has 0 radical (unpaired) electrons. The van der Waals surface area contributed by atoms with Gasteiger partial charge in [0, 0.05) is 12.5 Å². The van der Waals surface area contributed by atoms with Crippen LogP contribution in [0.4, 0.5) is 0 Å². The molecule has 0 spiro atoms. The van der Waals surface area contributed by atoms with Crippen molar-refractivity contribution < 1.29 is 23.9 Å². The summed E-state index contributed by atoms with van der Waals surface area (Å²) in [6.07, 6.45) is 0. The molecule has 0 saturated carbocycles. The molecule has 0 fully saturated rings. The van der Waals surface area contributed by atoms with Gasteiger partial charge in [0.2, 0.25) is 0 Å². The van der Waals surface area contributed by atoms with Crippen LogP contribution in [0.15, 0.2) is 24.3 Å². The van der Waals surface area contributed by atoms with Crippen molar-refractivity contribution in [3.8, 4) is 5.75 Å². The van der Waals surface area contributed by atoms with Crippen molar-refractivity contribution in [3.05, 3.63) is 29.8 Å². The van der Waals surface area contributed by atoms with E-state index in [-0.39, 0.29) is 6.54 Å². The summed E-state index contributed by atoms with van der Waals surface area (Å²) in [6.45, 7) is 1.10. The molecule has 1 rings (SSSR count). The number of benzene rings is 1. The van der Waals surface area contributed by atoms with E-state index >= 15 is 0 Å². The van der Waals surface area contributed by atoms with Gasteiger partial charge in [-0.1, -0.05) is 0 Å². The summed E-state index contributed by atoms with van der Waals surface area (Å²) < 4.78 is 9.21. The number of hydrogen-bond donors (Lipinski definition) is 1. The third kappa shape index (κ3) is 4.25. The summed E-state index contributed by atoms with van der Waals surface area (Å²) in [6, 6.07) is 5.97. The van der Waals surface area contributed by atoms with Crippen LogP contribution in [0.25, 0.3) is 0 Å². The van der Waals surface area contributed by atoms with E-state index in [2.05, 4.69) is 10.1 Å². The lowest BCUT2D eigenvalue weighted by atomic mass is 10.2. The molecule has 6 heteroatoms. The number of esters is 2. The highest BCUT2D eigenvalue weighted by atomic mass is 16.5. The summed E-state index contributed by atoms with van der Waals surface area (Å²) >= 11 is 0. The van der Waals surface area contributed by atoms with E-state index in [0.717, 1.165) is 0 Å². The maximum Gasteiger partial charge on any atom is 0.325 e. The molecule has 1 aromatic carbocycles. The van der Waals surface area contributed by atoms with Gasteiger partial charge in [-0.3, -0.25) is 14.4 Å². The lowest BCUT2D eigenvalue weighted by Gasteiger charge is -2.05. The molecular weight excluding hydrogens is 238 g/mol. The quantitative estimate of drug-likeness (QED) is 0.623. The van der Waals surface area contributed by atoms with Crippen LogP contribution in [0, 0.1) is 0 Å². The fraction of sp³-hybridized carbons (Fsp3) is 0.250.